The SMILES string of the molecule is O=C(CCCc1c[nH]c2ccccc12)O[C@@H](C(=O)N1CCCC1)c1ccccc1. The van der Waals surface area contributed by atoms with Gasteiger partial charge in [-0.3, -0.25) is 9.59 Å². The molecule has 0 aliphatic carbocycles. The summed E-state index contributed by atoms with van der Waals surface area (Å²) in [7, 11) is 0. The van der Waals surface area contributed by atoms with Crippen molar-refractivity contribution in [1.29, 1.82) is 0 Å². The van der Waals surface area contributed by atoms with Crippen LogP contribution in [0.25, 0.3) is 10.9 Å². The molecule has 2 aromatic carbocycles. The fourth-order valence-electron chi connectivity index (χ4n) is 3.94. The van der Waals surface area contributed by atoms with Crippen LogP contribution in [-0.4, -0.2) is 34.8 Å². The van der Waals surface area contributed by atoms with Crippen molar-refractivity contribution < 1.29 is 14.3 Å². The predicted octanol–water partition coefficient (Wildman–Crippen LogP) is 4.40. The number of ether oxygens (including phenoxy) is 1. The Bertz CT molecular complexity index is 974. The van der Waals surface area contributed by atoms with Gasteiger partial charge in [-0.05, 0) is 37.3 Å². The minimum Gasteiger partial charge on any atom is -0.447 e. The van der Waals surface area contributed by atoms with Gasteiger partial charge >= 0.3 is 5.97 Å². The highest BCUT2D eigenvalue weighted by atomic mass is 16.5. The van der Waals surface area contributed by atoms with Gasteiger partial charge in [0.25, 0.3) is 5.91 Å². The van der Waals surface area contributed by atoms with Gasteiger partial charge in [0.15, 0.2) is 0 Å². The molecule has 1 saturated heterocycles. The van der Waals surface area contributed by atoms with Gasteiger partial charge in [0.2, 0.25) is 6.10 Å². The van der Waals surface area contributed by atoms with Gasteiger partial charge in [-0.15, -0.1) is 0 Å². The average Bonchev–Trinajstić information content (AvgIpc) is 3.43. The second kappa shape index (κ2) is 8.95. The number of H-pyrrole nitrogens is 1. The average molecular weight is 390 g/mol. The van der Waals surface area contributed by atoms with Crippen molar-refractivity contribution in [1.82, 2.24) is 9.88 Å². The molecule has 0 bridgehead atoms. The van der Waals surface area contributed by atoms with Crippen LogP contribution in [0, 0.1) is 0 Å². The molecular weight excluding hydrogens is 364 g/mol. The second-order valence-electron chi connectivity index (χ2n) is 7.53. The maximum Gasteiger partial charge on any atom is 0.306 e. The Morgan fingerprint density at radius 2 is 1.72 bits per heavy atom. The van der Waals surface area contributed by atoms with Crippen LogP contribution in [0.15, 0.2) is 60.8 Å². The second-order valence-corrected chi connectivity index (χ2v) is 7.53. The number of para-hydroxylation sites is 1. The predicted molar refractivity (Wildman–Crippen MR) is 112 cm³/mol. The standard InChI is InChI=1S/C24H26N2O3/c27-22(14-8-11-19-17-25-21-13-5-4-12-20(19)21)29-23(18-9-2-1-3-10-18)24(28)26-15-6-7-16-26/h1-5,9-10,12-13,17,23,25H,6-8,11,14-16H2/t23-/m1/s1. The first-order valence-corrected chi connectivity index (χ1v) is 10.3. The first-order valence-electron chi connectivity index (χ1n) is 10.3. The number of likely N-dealkylation sites (tertiary alicyclic amines) is 1. The third-order valence-corrected chi connectivity index (χ3v) is 5.50. The summed E-state index contributed by atoms with van der Waals surface area (Å²) in [5, 5.41) is 1.19. The van der Waals surface area contributed by atoms with Gasteiger partial charge in [0.05, 0.1) is 0 Å². The summed E-state index contributed by atoms with van der Waals surface area (Å²) >= 11 is 0. The van der Waals surface area contributed by atoms with Crippen LogP contribution in [-0.2, 0) is 20.7 Å². The van der Waals surface area contributed by atoms with Crippen molar-refractivity contribution in [2.75, 3.05) is 13.1 Å². The van der Waals surface area contributed by atoms with Crippen LogP contribution in [0.2, 0.25) is 0 Å². The lowest BCUT2D eigenvalue weighted by atomic mass is 10.1. The molecular formula is C24H26N2O3. The molecule has 1 aliphatic heterocycles. The van der Waals surface area contributed by atoms with Gasteiger partial charge in [-0.25, -0.2) is 0 Å². The summed E-state index contributed by atoms with van der Waals surface area (Å²) in [5.74, 6) is -0.440. The van der Waals surface area contributed by atoms with E-state index in [9.17, 15) is 9.59 Å². The van der Waals surface area contributed by atoms with Crippen molar-refractivity contribution in [2.45, 2.75) is 38.2 Å². The van der Waals surface area contributed by atoms with Crippen LogP contribution in [0.1, 0.15) is 42.9 Å². The van der Waals surface area contributed by atoms with Crippen molar-refractivity contribution in [3.8, 4) is 0 Å². The first kappa shape index (κ1) is 19.2. The normalized spacial score (nSPS) is 14.8. The Morgan fingerprint density at radius 1 is 1.00 bits per heavy atom. The number of aromatic amines is 1. The molecule has 0 spiro atoms. The molecule has 150 valence electrons. The molecule has 2 heterocycles. The first-order chi connectivity index (χ1) is 14.2. The number of aryl methyl sites for hydroxylation is 1. The molecule has 1 atom stereocenters. The third-order valence-electron chi connectivity index (χ3n) is 5.50. The summed E-state index contributed by atoms with van der Waals surface area (Å²) in [4.78, 5) is 30.5. The van der Waals surface area contributed by atoms with Crippen molar-refractivity contribution in [3.63, 3.8) is 0 Å². The van der Waals surface area contributed by atoms with E-state index < -0.39 is 6.10 Å². The van der Waals surface area contributed by atoms with Crippen molar-refractivity contribution in [3.05, 3.63) is 71.9 Å². The molecule has 1 fully saturated rings. The fraction of sp³-hybridized carbons (Fsp3) is 0.333. The van der Waals surface area contributed by atoms with E-state index in [1.807, 2.05) is 54.7 Å². The summed E-state index contributed by atoms with van der Waals surface area (Å²) in [6.07, 6.45) is 4.91. The van der Waals surface area contributed by atoms with Gasteiger partial charge < -0.3 is 14.6 Å². The lowest BCUT2D eigenvalue weighted by Gasteiger charge is -2.23. The van der Waals surface area contributed by atoms with E-state index in [2.05, 4.69) is 11.1 Å². The minimum atomic E-state index is -0.852. The molecule has 3 aromatic rings. The Morgan fingerprint density at radius 3 is 2.52 bits per heavy atom. The number of carbonyl (C=O) groups excluding carboxylic acids is 2. The van der Waals surface area contributed by atoms with Gasteiger partial charge in [0, 0.05) is 42.2 Å². The van der Waals surface area contributed by atoms with Gasteiger partial charge in [-0.1, -0.05) is 48.5 Å². The quantitative estimate of drug-likeness (QED) is 0.608. The molecule has 29 heavy (non-hydrogen) atoms. The topological polar surface area (TPSA) is 62.4 Å². The van der Waals surface area contributed by atoms with Crippen LogP contribution in [0.5, 0.6) is 0 Å². The van der Waals surface area contributed by atoms with E-state index in [0.717, 1.165) is 43.4 Å². The highest BCUT2D eigenvalue weighted by Crippen LogP contribution is 2.24. The van der Waals surface area contributed by atoms with Gasteiger partial charge in [0.1, 0.15) is 0 Å². The lowest BCUT2D eigenvalue weighted by molar-refractivity contribution is -0.160. The number of hydrogen-bond acceptors (Lipinski definition) is 3. The zero-order valence-corrected chi connectivity index (χ0v) is 16.5. The molecule has 0 radical (unpaired) electrons. The summed E-state index contributed by atoms with van der Waals surface area (Å²) in [6.45, 7) is 1.47. The zero-order valence-electron chi connectivity index (χ0n) is 16.5. The van der Waals surface area contributed by atoms with E-state index >= 15 is 0 Å². The van der Waals surface area contributed by atoms with E-state index in [1.165, 1.54) is 10.9 Å². The minimum absolute atomic E-state index is 0.112. The van der Waals surface area contributed by atoms with Crippen LogP contribution >= 0.6 is 0 Å². The molecule has 1 aromatic heterocycles. The maximum atomic E-state index is 12.9. The van der Waals surface area contributed by atoms with Crippen LogP contribution in [0.4, 0.5) is 0 Å². The van der Waals surface area contributed by atoms with E-state index in [4.69, 9.17) is 4.74 Å². The Balaban J connectivity index is 1.38. The summed E-state index contributed by atoms with van der Waals surface area (Å²) < 4.78 is 5.68. The van der Waals surface area contributed by atoms with Crippen molar-refractivity contribution in [2.24, 2.45) is 0 Å². The molecule has 1 aliphatic rings. The number of rotatable bonds is 7. The molecule has 1 N–H and O–H groups in total. The summed E-state index contributed by atoms with van der Waals surface area (Å²) in [5.41, 5.74) is 3.03. The van der Waals surface area contributed by atoms with E-state index in [0.29, 0.717) is 6.42 Å². The Labute approximate surface area is 170 Å². The number of nitrogens with zero attached hydrogens (tertiary/aromatic N) is 1. The molecule has 1 amide bonds. The smallest absolute Gasteiger partial charge is 0.306 e. The Kier molecular flexibility index (Phi) is 5.94. The largest absolute Gasteiger partial charge is 0.447 e. The highest BCUT2D eigenvalue weighted by Gasteiger charge is 2.30. The lowest BCUT2D eigenvalue weighted by Crippen LogP contribution is -2.34. The van der Waals surface area contributed by atoms with E-state index in [1.54, 1.807) is 4.90 Å². The Hall–Kier alpha value is -3.08. The molecule has 5 heteroatoms. The molecule has 0 unspecified atom stereocenters. The third kappa shape index (κ3) is 4.50. The number of amides is 1. The number of fused-ring (bicyclic) bond motifs is 1. The molecule has 4 rings (SSSR count). The zero-order chi connectivity index (χ0) is 20.1. The number of esters is 1. The monoisotopic (exact) mass is 390 g/mol. The molecule has 5 nitrogen and oxygen atoms in total. The van der Waals surface area contributed by atoms with Gasteiger partial charge in [-0.2, -0.15) is 0 Å². The van der Waals surface area contributed by atoms with Crippen molar-refractivity contribution >= 4 is 22.8 Å². The number of nitrogens with one attached hydrogen (secondary N) is 1. The number of aromatic nitrogens is 1. The van der Waals surface area contributed by atoms with Crippen LogP contribution < -0.4 is 0 Å². The number of benzene rings is 2. The molecule has 0 saturated carbocycles. The fourth-order valence-corrected chi connectivity index (χ4v) is 3.94. The number of hydrogen-bond donors (Lipinski definition) is 1. The maximum absolute atomic E-state index is 12.9. The van der Waals surface area contributed by atoms with E-state index in [-0.39, 0.29) is 18.3 Å². The highest BCUT2D eigenvalue weighted by molar-refractivity contribution is 5.85. The van der Waals surface area contributed by atoms with Crippen LogP contribution in [0.3, 0.4) is 0 Å². The number of carbonyl (C=O) groups is 2. The summed E-state index contributed by atoms with van der Waals surface area (Å²) in [6, 6.07) is 17.5.